The summed E-state index contributed by atoms with van der Waals surface area (Å²) < 4.78 is 0. The van der Waals surface area contributed by atoms with Crippen LogP contribution in [0.2, 0.25) is 0 Å². The van der Waals surface area contributed by atoms with E-state index in [1.54, 1.807) is 12.1 Å². The van der Waals surface area contributed by atoms with Crippen molar-refractivity contribution in [2.75, 3.05) is 0 Å². The number of carbonyl (C=O) groups excluding carboxylic acids is 1. The molecule has 0 bridgehead atoms. The summed E-state index contributed by atoms with van der Waals surface area (Å²) in [6.45, 7) is 0. The zero-order valence-corrected chi connectivity index (χ0v) is 11.1. The number of aromatic hydroxyl groups is 1. The molecule has 3 heteroatoms. The van der Waals surface area contributed by atoms with E-state index in [4.69, 9.17) is 0 Å². The quantitative estimate of drug-likeness (QED) is 0.501. The lowest BCUT2D eigenvalue weighted by molar-refractivity contribution is 0.245. The first-order valence-corrected chi connectivity index (χ1v) is 7.20. The maximum Gasteiger partial charge on any atom is 0.235 e. The van der Waals surface area contributed by atoms with Crippen molar-refractivity contribution < 1.29 is 9.90 Å². The Balaban J connectivity index is 2.16. The van der Waals surface area contributed by atoms with Crippen molar-refractivity contribution in [3.8, 4) is 5.75 Å². The standard InChI is InChI=1S/C16H19NO2/c18-11-17-16(9-4-10-16)15-13-6-3-1-2-5-12(13)7-8-14(15)19/h7-8,19H,1-6,9-10H2. The average Bonchev–Trinajstić information content (AvgIpc) is 2.60. The van der Waals surface area contributed by atoms with Crippen LogP contribution in [0, 0.1) is 0 Å². The summed E-state index contributed by atoms with van der Waals surface area (Å²) in [5.41, 5.74) is 3.01. The molecule has 0 spiro atoms. The lowest BCUT2D eigenvalue weighted by Crippen LogP contribution is -2.33. The minimum absolute atomic E-state index is 0.305. The van der Waals surface area contributed by atoms with Gasteiger partial charge in [0.2, 0.25) is 6.08 Å². The van der Waals surface area contributed by atoms with Gasteiger partial charge in [-0.2, -0.15) is 4.99 Å². The minimum Gasteiger partial charge on any atom is -0.508 e. The zero-order chi connectivity index (χ0) is 13.3. The number of isocyanates is 1. The van der Waals surface area contributed by atoms with Gasteiger partial charge in [0.15, 0.2) is 0 Å². The fraction of sp³-hybridized carbons (Fsp3) is 0.562. The van der Waals surface area contributed by atoms with Crippen molar-refractivity contribution in [1.29, 1.82) is 0 Å². The molecule has 3 rings (SSSR count). The molecule has 0 saturated heterocycles. The molecule has 0 unspecified atom stereocenters. The Labute approximate surface area is 113 Å². The molecule has 0 radical (unpaired) electrons. The van der Waals surface area contributed by atoms with E-state index in [0.29, 0.717) is 5.75 Å². The van der Waals surface area contributed by atoms with Crippen molar-refractivity contribution in [1.82, 2.24) is 0 Å². The van der Waals surface area contributed by atoms with Gasteiger partial charge in [-0.3, -0.25) is 0 Å². The molecule has 1 aromatic carbocycles. The molecule has 0 aromatic heterocycles. The van der Waals surface area contributed by atoms with Crippen LogP contribution in [0.25, 0.3) is 0 Å². The molecule has 100 valence electrons. The van der Waals surface area contributed by atoms with Crippen LogP contribution in [-0.4, -0.2) is 11.2 Å². The third-order valence-corrected chi connectivity index (χ3v) is 4.67. The second-order valence-corrected chi connectivity index (χ2v) is 5.75. The number of benzene rings is 1. The molecule has 1 saturated carbocycles. The van der Waals surface area contributed by atoms with Gasteiger partial charge >= 0.3 is 0 Å². The second-order valence-electron chi connectivity index (χ2n) is 5.75. The lowest BCUT2D eigenvalue weighted by atomic mass is 9.69. The van der Waals surface area contributed by atoms with E-state index in [-0.39, 0.29) is 0 Å². The highest BCUT2D eigenvalue weighted by Gasteiger charge is 2.42. The van der Waals surface area contributed by atoms with Gasteiger partial charge < -0.3 is 5.11 Å². The molecule has 0 aliphatic heterocycles. The van der Waals surface area contributed by atoms with Gasteiger partial charge in [0, 0.05) is 5.56 Å². The summed E-state index contributed by atoms with van der Waals surface area (Å²) in [6, 6.07) is 3.82. The molecule has 2 aliphatic carbocycles. The lowest BCUT2D eigenvalue weighted by Gasteiger charge is -2.39. The first kappa shape index (κ1) is 12.4. The van der Waals surface area contributed by atoms with Crippen molar-refractivity contribution >= 4 is 6.08 Å². The predicted octanol–water partition coefficient (Wildman–Crippen LogP) is 3.38. The third kappa shape index (κ3) is 1.98. The predicted molar refractivity (Wildman–Crippen MR) is 73.0 cm³/mol. The Kier molecular flexibility index (Phi) is 3.16. The summed E-state index contributed by atoms with van der Waals surface area (Å²) in [7, 11) is 0. The van der Waals surface area contributed by atoms with E-state index < -0.39 is 5.54 Å². The molecule has 0 amide bonds. The van der Waals surface area contributed by atoms with E-state index in [2.05, 4.69) is 4.99 Å². The van der Waals surface area contributed by atoms with Crippen molar-refractivity contribution in [3.63, 3.8) is 0 Å². The second kappa shape index (κ2) is 4.82. The Morgan fingerprint density at radius 1 is 1.11 bits per heavy atom. The van der Waals surface area contributed by atoms with E-state index >= 15 is 0 Å². The SMILES string of the molecule is O=C=NC1(c2c(O)ccc3c2CCCCC3)CCC1. The number of rotatable bonds is 2. The summed E-state index contributed by atoms with van der Waals surface area (Å²) >= 11 is 0. The van der Waals surface area contributed by atoms with Gasteiger partial charge in [-0.05, 0) is 62.1 Å². The van der Waals surface area contributed by atoms with Crippen LogP contribution >= 0.6 is 0 Å². The van der Waals surface area contributed by atoms with Gasteiger partial charge in [0.25, 0.3) is 0 Å². The molecule has 1 fully saturated rings. The van der Waals surface area contributed by atoms with E-state index in [1.807, 2.05) is 6.07 Å². The van der Waals surface area contributed by atoms with E-state index in [0.717, 1.165) is 44.1 Å². The van der Waals surface area contributed by atoms with Gasteiger partial charge in [-0.15, -0.1) is 0 Å². The molecule has 19 heavy (non-hydrogen) atoms. The van der Waals surface area contributed by atoms with E-state index in [1.165, 1.54) is 24.0 Å². The van der Waals surface area contributed by atoms with Crippen LogP contribution in [0.4, 0.5) is 0 Å². The van der Waals surface area contributed by atoms with Crippen LogP contribution < -0.4 is 0 Å². The maximum absolute atomic E-state index is 10.8. The number of phenolic OH excluding ortho intramolecular Hbond substituents is 1. The summed E-state index contributed by atoms with van der Waals surface area (Å²) in [4.78, 5) is 14.8. The van der Waals surface area contributed by atoms with Gasteiger partial charge in [-0.1, -0.05) is 12.5 Å². The third-order valence-electron chi connectivity index (χ3n) is 4.67. The molecule has 1 N–H and O–H groups in total. The molecular weight excluding hydrogens is 238 g/mol. The van der Waals surface area contributed by atoms with Gasteiger partial charge in [0.1, 0.15) is 11.3 Å². The highest BCUT2D eigenvalue weighted by Crippen LogP contribution is 2.50. The summed E-state index contributed by atoms with van der Waals surface area (Å²) in [6.07, 6.45) is 10.2. The van der Waals surface area contributed by atoms with Crippen molar-refractivity contribution in [2.45, 2.75) is 56.9 Å². The van der Waals surface area contributed by atoms with Crippen LogP contribution in [0.5, 0.6) is 5.75 Å². The van der Waals surface area contributed by atoms with Crippen LogP contribution in [0.1, 0.15) is 55.2 Å². The maximum atomic E-state index is 10.8. The normalized spacial score (nSPS) is 20.6. The molecule has 1 aromatic rings. The summed E-state index contributed by atoms with van der Waals surface area (Å²) in [5, 5.41) is 10.3. The first-order chi connectivity index (χ1) is 9.27. The van der Waals surface area contributed by atoms with Crippen LogP contribution in [0.3, 0.4) is 0 Å². The largest absolute Gasteiger partial charge is 0.508 e. The summed E-state index contributed by atoms with van der Waals surface area (Å²) in [5.74, 6) is 0.305. The highest BCUT2D eigenvalue weighted by atomic mass is 16.3. The van der Waals surface area contributed by atoms with Crippen molar-refractivity contribution in [3.05, 3.63) is 28.8 Å². The number of phenols is 1. The molecular formula is C16H19NO2. The first-order valence-electron chi connectivity index (χ1n) is 7.20. The van der Waals surface area contributed by atoms with Crippen LogP contribution in [-0.2, 0) is 23.2 Å². The number of hydrogen-bond donors (Lipinski definition) is 1. The molecule has 0 atom stereocenters. The smallest absolute Gasteiger partial charge is 0.235 e. The number of aryl methyl sites for hydroxylation is 1. The Morgan fingerprint density at radius 3 is 2.58 bits per heavy atom. The number of fused-ring (bicyclic) bond motifs is 1. The Hall–Kier alpha value is -1.60. The number of hydrogen-bond acceptors (Lipinski definition) is 3. The topological polar surface area (TPSA) is 49.7 Å². The van der Waals surface area contributed by atoms with E-state index in [9.17, 15) is 9.90 Å². The molecule has 2 aliphatic rings. The average molecular weight is 257 g/mol. The van der Waals surface area contributed by atoms with Gasteiger partial charge in [-0.25, -0.2) is 4.79 Å². The van der Waals surface area contributed by atoms with Crippen LogP contribution in [0.15, 0.2) is 17.1 Å². The fourth-order valence-corrected chi connectivity index (χ4v) is 3.53. The molecule has 3 nitrogen and oxygen atoms in total. The molecule has 0 heterocycles. The Bertz CT molecular complexity index is 540. The highest BCUT2D eigenvalue weighted by molar-refractivity contribution is 5.52. The monoisotopic (exact) mass is 257 g/mol. The zero-order valence-electron chi connectivity index (χ0n) is 11.1. The van der Waals surface area contributed by atoms with Crippen molar-refractivity contribution in [2.24, 2.45) is 4.99 Å². The fourth-order valence-electron chi connectivity index (χ4n) is 3.53. The number of aliphatic imine (C=N–C) groups is 1. The minimum atomic E-state index is -0.485. The van der Waals surface area contributed by atoms with Gasteiger partial charge in [0.05, 0.1) is 0 Å². The number of nitrogens with zero attached hydrogens (tertiary/aromatic N) is 1. The Morgan fingerprint density at radius 2 is 1.89 bits per heavy atom.